The van der Waals surface area contributed by atoms with Gasteiger partial charge in [-0.25, -0.2) is 4.99 Å². The first-order valence-corrected chi connectivity index (χ1v) is 8.47. The first kappa shape index (κ1) is 20.9. The fourth-order valence-corrected chi connectivity index (χ4v) is 2.82. The van der Waals surface area contributed by atoms with Crippen LogP contribution < -0.4 is 25.4 Å². The lowest BCUT2D eigenvalue weighted by Crippen LogP contribution is -2.22. The average molecular weight is 480 g/mol. The molecule has 27 heavy (non-hydrogen) atoms. The van der Waals surface area contributed by atoms with Gasteiger partial charge in [-0.05, 0) is 29.8 Å². The van der Waals surface area contributed by atoms with E-state index in [0.717, 1.165) is 24.3 Å². The molecule has 144 valence electrons. The number of anilines is 2. The maximum absolute atomic E-state index is 6.02. The van der Waals surface area contributed by atoms with Crippen molar-refractivity contribution in [1.82, 2.24) is 0 Å². The Labute approximate surface area is 177 Å². The van der Waals surface area contributed by atoms with Crippen molar-refractivity contribution < 1.29 is 9.47 Å². The smallest absolute Gasteiger partial charge is 0.193 e. The SMILES string of the molecule is COc1ccc(NC(N)=NCc2cccc(N3CC=CC3)c2)cc1OC.I. The van der Waals surface area contributed by atoms with E-state index in [-0.39, 0.29) is 24.0 Å². The number of guanidine groups is 1. The topological polar surface area (TPSA) is 72.1 Å². The highest BCUT2D eigenvalue weighted by molar-refractivity contribution is 14.0. The van der Waals surface area contributed by atoms with Crippen molar-refractivity contribution in [1.29, 1.82) is 0 Å². The van der Waals surface area contributed by atoms with E-state index in [0.29, 0.717) is 24.0 Å². The minimum Gasteiger partial charge on any atom is -0.493 e. The van der Waals surface area contributed by atoms with Gasteiger partial charge >= 0.3 is 0 Å². The average Bonchev–Trinajstić information content (AvgIpc) is 3.21. The molecular weight excluding hydrogens is 455 g/mol. The first-order chi connectivity index (χ1) is 12.7. The number of nitrogens with two attached hydrogens (primary N) is 1. The van der Waals surface area contributed by atoms with Gasteiger partial charge in [-0.3, -0.25) is 0 Å². The Kier molecular flexibility index (Phi) is 7.78. The van der Waals surface area contributed by atoms with Gasteiger partial charge in [0, 0.05) is 30.5 Å². The summed E-state index contributed by atoms with van der Waals surface area (Å²) in [5.41, 5.74) is 9.13. The number of nitrogens with zero attached hydrogens (tertiary/aromatic N) is 2. The summed E-state index contributed by atoms with van der Waals surface area (Å²) in [6, 6.07) is 13.9. The van der Waals surface area contributed by atoms with E-state index >= 15 is 0 Å². The number of ether oxygens (including phenoxy) is 2. The van der Waals surface area contributed by atoms with E-state index in [2.05, 4.69) is 51.6 Å². The number of rotatable bonds is 6. The van der Waals surface area contributed by atoms with Crippen LogP contribution in [-0.2, 0) is 6.54 Å². The maximum Gasteiger partial charge on any atom is 0.193 e. The van der Waals surface area contributed by atoms with Crippen molar-refractivity contribution in [3.8, 4) is 11.5 Å². The molecular formula is C20H25IN4O2. The van der Waals surface area contributed by atoms with Crippen LogP contribution in [0.15, 0.2) is 59.6 Å². The summed E-state index contributed by atoms with van der Waals surface area (Å²) in [5, 5.41) is 3.08. The molecule has 3 N–H and O–H groups in total. The molecule has 1 aliphatic heterocycles. The number of benzene rings is 2. The van der Waals surface area contributed by atoms with Crippen LogP contribution in [0.1, 0.15) is 5.56 Å². The van der Waals surface area contributed by atoms with E-state index in [1.165, 1.54) is 5.69 Å². The standard InChI is InChI=1S/C20H24N4O2.HI/c1-25-18-9-8-16(13-19(18)26-2)23-20(21)22-14-15-6-5-7-17(12-15)24-10-3-4-11-24;/h3-9,12-13H,10-11,14H2,1-2H3,(H3,21,22,23);1H. The molecule has 0 unspecified atom stereocenters. The zero-order valence-electron chi connectivity index (χ0n) is 15.5. The van der Waals surface area contributed by atoms with Crippen LogP contribution in [0, 0.1) is 0 Å². The Bertz CT molecular complexity index is 815. The molecule has 7 heteroatoms. The Morgan fingerprint density at radius 3 is 2.52 bits per heavy atom. The molecule has 3 rings (SSSR count). The lowest BCUT2D eigenvalue weighted by atomic mass is 10.2. The molecule has 2 aromatic rings. The normalized spacial score (nSPS) is 13.3. The highest BCUT2D eigenvalue weighted by atomic mass is 127. The van der Waals surface area contributed by atoms with Gasteiger partial charge in [0.2, 0.25) is 0 Å². The summed E-state index contributed by atoms with van der Waals surface area (Å²) >= 11 is 0. The molecule has 0 spiro atoms. The van der Waals surface area contributed by atoms with Gasteiger partial charge in [-0.1, -0.05) is 24.3 Å². The largest absolute Gasteiger partial charge is 0.493 e. The highest BCUT2D eigenvalue weighted by Crippen LogP contribution is 2.29. The Balaban J connectivity index is 0.00000261. The fourth-order valence-electron chi connectivity index (χ4n) is 2.82. The molecule has 0 saturated heterocycles. The van der Waals surface area contributed by atoms with Gasteiger partial charge in [-0.2, -0.15) is 0 Å². The summed E-state index contributed by atoms with van der Waals surface area (Å²) < 4.78 is 10.5. The second-order valence-electron chi connectivity index (χ2n) is 5.94. The third-order valence-electron chi connectivity index (χ3n) is 4.18. The summed E-state index contributed by atoms with van der Waals surface area (Å²) in [5.74, 6) is 1.66. The summed E-state index contributed by atoms with van der Waals surface area (Å²) in [7, 11) is 3.20. The molecule has 0 aromatic heterocycles. The number of hydrogen-bond acceptors (Lipinski definition) is 4. The molecule has 0 amide bonds. The third-order valence-corrected chi connectivity index (χ3v) is 4.18. The maximum atomic E-state index is 6.02. The Hall–Kier alpha value is -2.42. The van der Waals surface area contributed by atoms with E-state index in [9.17, 15) is 0 Å². The molecule has 0 radical (unpaired) electrons. The molecule has 0 atom stereocenters. The van der Waals surface area contributed by atoms with Crippen LogP contribution in [0.5, 0.6) is 11.5 Å². The van der Waals surface area contributed by atoms with Gasteiger partial charge in [-0.15, -0.1) is 24.0 Å². The minimum absolute atomic E-state index is 0. The summed E-state index contributed by atoms with van der Waals surface area (Å²) in [6.07, 6.45) is 4.35. The van der Waals surface area contributed by atoms with Crippen LogP contribution >= 0.6 is 24.0 Å². The molecule has 6 nitrogen and oxygen atoms in total. The van der Waals surface area contributed by atoms with Gasteiger partial charge in [0.15, 0.2) is 17.5 Å². The van der Waals surface area contributed by atoms with Gasteiger partial charge in [0.05, 0.1) is 20.8 Å². The molecule has 1 aliphatic rings. The van der Waals surface area contributed by atoms with Crippen LogP contribution in [0.25, 0.3) is 0 Å². The van der Waals surface area contributed by atoms with Crippen LogP contribution in [-0.4, -0.2) is 33.3 Å². The lowest BCUT2D eigenvalue weighted by Gasteiger charge is -2.18. The van der Waals surface area contributed by atoms with Crippen molar-refractivity contribution >= 4 is 41.3 Å². The number of aliphatic imine (C=N–C) groups is 1. The Morgan fingerprint density at radius 2 is 1.81 bits per heavy atom. The minimum atomic E-state index is 0. The van der Waals surface area contributed by atoms with Gasteiger partial charge in [0.25, 0.3) is 0 Å². The second kappa shape index (κ2) is 10.1. The van der Waals surface area contributed by atoms with Crippen LogP contribution in [0.2, 0.25) is 0 Å². The van der Waals surface area contributed by atoms with Gasteiger partial charge in [0.1, 0.15) is 0 Å². The highest BCUT2D eigenvalue weighted by Gasteiger charge is 2.08. The Morgan fingerprint density at radius 1 is 1.07 bits per heavy atom. The predicted octanol–water partition coefficient (Wildman–Crippen LogP) is 3.62. The number of halogens is 1. The molecule has 0 saturated carbocycles. The van der Waals surface area contributed by atoms with E-state index < -0.39 is 0 Å². The number of methoxy groups -OCH3 is 2. The van der Waals surface area contributed by atoms with Crippen LogP contribution in [0.4, 0.5) is 11.4 Å². The molecule has 0 bridgehead atoms. The number of nitrogens with one attached hydrogen (secondary N) is 1. The predicted molar refractivity (Wildman–Crippen MR) is 122 cm³/mol. The second-order valence-corrected chi connectivity index (χ2v) is 5.94. The fraction of sp³-hybridized carbons (Fsp3) is 0.250. The third kappa shape index (κ3) is 5.53. The van der Waals surface area contributed by atoms with Crippen LogP contribution in [0.3, 0.4) is 0 Å². The van der Waals surface area contributed by atoms with E-state index in [1.54, 1.807) is 14.2 Å². The quantitative estimate of drug-likeness (QED) is 0.286. The van der Waals surface area contributed by atoms with Crippen molar-refractivity contribution in [3.05, 3.63) is 60.2 Å². The lowest BCUT2D eigenvalue weighted by molar-refractivity contribution is 0.355. The van der Waals surface area contributed by atoms with Crippen molar-refractivity contribution in [2.45, 2.75) is 6.54 Å². The monoisotopic (exact) mass is 480 g/mol. The molecule has 0 fully saturated rings. The summed E-state index contributed by atoms with van der Waals surface area (Å²) in [4.78, 5) is 6.74. The first-order valence-electron chi connectivity index (χ1n) is 8.47. The van der Waals surface area contributed by atoms with E-state index in [1.807, 2.05) is 18.2 Å². The van der Waals surface area contributed by atoms with Crippen molar-refractivity contribution in [3.63, 3.8) is 0 Å². The van der Waals surface area contributed by atoms with Crippen molar-refractivity contribution in [2.24, 2.45) is 10.7 Å². The van der Waals surface area contributed by atoms with Crippen molar-refractivity contribution in [2.75, 3.05) is 37.5 Å². The molecule has 0 aliphatic carbocycles. The zero-order chi connectivity index (χ0) is 18.4. The molecule has 1 heterocycles. The molecule has 2 aromatic carbocycles. The zero-order valence-corrected chi connectivity index (χ0v) is 17.8. The van der Waals surface area contributed by atoms with E-state index in [4.69, 9.17) is 15.2 Å². The number of hydrogen-bond donors (Lipinski definition) is 2. The van der Waals surface area contributed by atoms with Gasteiger partial charge < -0.3 is 25.4 Å². The summed E-state index contributed by atoms with van der Waals surface area (Å²) in [6.45, 7) is 2.42.